The molecule has 0 N–H and O–H groups in total. The van der Waals surface area contributed by atoms with Crippen LogP contribution in [0.2, 0.25) is 0 Å². The maximum Gasteiger partial charge on any atom is 0.303 e. The molecule has 0 unspecified atom stereocenters. The highest BCUT2D eigenvalue weighted by Gasteiger charge is 2.62. The van der Waals surface area contributed by atoms with Gasteiger partial charge in [0.05, 0.1) is 5.60 Å². The Morgan fingerprint density at radius 2 is 2.20 bits per heavy atom. The van der Waals surface area contributed by atoms with E-state index in [1.54, 1.807) is 0 Å². The average molecular weight is 212 g/mol. The van der Waals surface area contributed by atoms with Gasteiger partial charge in [-0.1, -0.05) is 13.8 Å². The Bertz CT molecular complexity index is 274. The molecule has 0 amide bonds. The van der Waals surface area contributed by atoms with Gasteiger partial charge in [0.2, 0.25) is 0 Å². The van der Waals surface area contributed by atoms with E-state index >= 15 is 0 Å². The number of carbonyl (C=O) groups is 1. The van der Waals surface area contributed by atoms with E-state index in [9.17, 15) is 4.79 Å². The van der Waals surface area contributed by atoms with Gasteiger partial charge in [-0.2, -0.15) is 0 Å². The first kappa shape index (κ1) is 10.9. The molecule has 3 nitrogen and oxygen atoms in total. The van der Waals surface area contributed by atoms with Gasteiger partial charge in [0, 0.05) is 12.8 Å². The van der Waals surface area contributed by atoms with Gasteiger partial charge < -0.3 is 9.47 Å². The van der Waals surface area contributed by atoms with E-state index < -0.39 is 0 Å². The zero-order chi connectivity index (χ0) is 11.2. The molecule has 2 fully saturated rings. The zero-order valence-electron chi connectivity index (χ0n) is 9.95. The van der Waals surface area contributed by atoms with Crippen LogP contribution in [0.5, 0.6) is 0 Å². The summed E-state index contributed by atoms with van der Waals surface area (Å²) in [5.74, 6) is 0.808. The van der Waals surface area contributed by atoms with Crippen LogP contribution in [0, 0.1) is 11.8 Å². The van der Waals surface area contributed by atoms with Crippen molar-refractivity contribution in [3.8, 4) is 0 Å². The highest BCUT2D eigenvalue weighted by molar-refractivity contribution is 5.66. The fraction of sp³-hybridized carbons (Fsp3) is 0.917. The van der Waals surface area contributed by atoms with Crippen molar-refractivity contribution in [1.29, 1.82) is 0 Å². The Morgan fingerprint density at radius 1 is 1.53 bits per heavy atom. The lowest BCUT2D eigenvalue weighted by atomic mass is 9.75. The molecule has 4 atom stereocenters. The Hall–Kier alpha value is -0.570. The van der Waals surface area contributed by atoms with E-state index in [-0.39, 0.29) is 23.8 Å². The number of epoxide rings is 1. The van der Waals surface area contributed by atoms with Crippen LogP contribution in [-0.2, 0) is 14.3 Å². The van der Waals surface area contributed by atoms with E-state index in [4.69, 9.17) is 9.47 Å². The number of fused-ring (bicyclic) bond motifs is 1. The van der Waals surface area contributed by atoms with E-state index in [1.165, 1.54) is 6.92 Å². The van der Waals surface area contributed by atoms with Gasteiger partial charge >= 0.3 is 5.97 Å². The number of esters is 1. The van der Waals surface area contributed by atoms with Gasteiger partial charge in [-0.15, -0.1) is 0 Å². The van der Waals surface area contributed by atoms with Crippen LogP contribution in [0.4, 0.5) is 0 Å². The molecule has 0 aromatic carbocycles. The van der Waals surface area contributed by atoms with Gasteiger partial charge in [0.1, 0.15) is 12.2 Å². The summed E-state index contributed by atoms with van der Waals surface area (Å²) in [4.78, 5) is 11.1. The molecule has 0 spiro atoms. The molecule has 3 heteroatoms. The maximum atomic E-state index is 11.1. The van der Waals surface area contributed by atoms with Crippen LogP contribution in [0.1, 0.15) is 40.5 Å². The predicted molar refractivity (Wildman–Crippen MR) is 56.4 cm³/mol. The average Bonchev–Trinajstić information content (AvgIpc) is 2.76. The van der Waals surface area contributed by atoms with Crippen molar-refractivity contribution in [2.24, 2.45) is 11.8 Å². The van der Waals surface area contributed by atoms with E-state index in [1.807, 2.05) is 0 Å². The van der Waals surface area contributed by atoms with Crippen LogP contribution in [0.25, 0.3) is 0 Å². The summed E-state index contributed by atoms with van der Waals surface area (Å²) in [6.45, 7) is 7.97. The van der Waals surface area contributed by atoms with Gasteiger partial charge in [0.15, 0.2) is 0 Å². The SMILES string of the molecule is CC(=O)O[C@H]1[C@@H](C(C)C)CC[C@@]2(C)O[C@@H]12. The lowest BCUT2D eigenvalue weighted by Gasteiger charge is -2.33. The standard InChI is InChI=1S/C12H20O3/c1-7(2)9-5-6-12(4)11(15-12)10(9)14-8(3)13/h7,9-11H,5-6H2,1-4H3/t9-,10+,11+,12-/m1/s1. The molecule has 1 aliphatic heterocycles. The zero-order valence-corrected chi connectivity index (χ0v) is 9.95. The summed E-state index contributed by atoms with van der Waals surface area (Å²) < 4.78 is 11.1. The van der Waals surface area contributed by atoms with Gasteiger partial charge in [0.25, 0.3) is 0 Å². The third kappa shape index (κ3) is 1.89. The summed E-state index contributed by atoms with van der Waals surface area (Å²) in [5, 5.41) is 0. The minimum Gasteiger partial charge on any atom is -0.459 e. The molecule has 1 saturated carbocycles. The third-order valence-corrected chi connectivity index (χ3v) is 3.79. The van der Waals surface area contributed by atoms with Gasteiger partial charge in [-0.25, -0.2) is 0 Å². The van der Waals surface area contributed by atoms with E-state index in [0.717, 1.165) is 12.8 Å². The lowest BCUT2D eigenvalue weighted by molar-refractivity contribution is -0.152. The molecule has 2 aliphatic rings. The molecule has 1 heterocycles. The van der Waals surface area contributed by atoms with Gasteiger partial charge in [-0.3, -0.25) is 4.79 Å². The first-order valence-electron chi connectivity index (χ1n) is 5.79. The summed E-state index contributed by atoms with van der Waals surface area (Å²) in [6.07, 6.45) is 2.31. The van der Waals surface area contributed by atoms with Crippen molar-refractivity contribution < 1.29 is 14.3 Å². The first-order chi connectivity index (χ1) is 6.94. The van der Waals surface area contributed by atoms with Crippen LogP contribution >= 0.6 is 0 Å². The van der Waals surface area contributed by atoms with Crippen molar-refractivity contribution >= 4 is 5.97 Å². The monoisotopic (exact) mass is 212 g/mol. The summed E-state index contributed by atoms with van der Waals surface area (Å²) in [7, 11) is 0. The number of ether oxygens (including phenoxy) is 2. The molecule has 1 saturated heterocycles. The number of carbonyl (C=O) groups excluding carboxylic acids is 1. The Morgan fingerprint density at radius 3 is 2.73 bits per heavy atom. The Balaban J connectivity index is 2.09. The largest absolute Gasteiger partial charge is 0.459 e. The maximum absolute atomic E-state index is 11.1. The minimum absolute atomic E-state index is 0.00843. The van der Waals surface area contributed by atoms with Crippen molar-refractivity contribution in [2.45, 2.75) is 58.3 Å². The predicted octanol–water partition coefficient (Wildman–Crippen LogP) is 2.14. The molecule has 15 heavy (non-hydrogen) atoms. The number of rotatable bonds is 2. The number of hydrogen-bond acceptors (Lipinski definition) is 3. The van der Waals surface area contributed by atoms with Crippen LogP contribution in [0.15, 0.2) is 0 Å². The molecule has 0 bridgehead atoms. The normalized spacial score (nSPS) is 43.7. The molecule has 0 aromatic heterocycles. The summed E-state index contributed by atoms with van der Waals surface area (Å²) in [6, 6.07) is 0. The van der Waals surface area contributed by atoms with Crippen LogP contribution in [-0.4, -0.2) is 23.8 Å². The Labute approximate surface area is 91.1 Å². The second-order valence-corrected chi connectivity index (χ2v) is 5.37. The summed E-state index contributed by atoms with van der Waals surface area (Å²) >= 11 is 0. The quantitative estimate of drug-likeness (QED) is 0.520. The van der Waals surface area contributed by atoms with Crippen molar-refractivity contribution in [1.82, 2.24) is 0 Å². The fourth-order valence-electron chi connectivity index (χ4n) is 2.77. The fourth-order valence-corrected chi connectivity index (χ4v) is 2.77. The van der Waals surface area contributed by atoms with Gasteiger partial charge in [-0.05, 0) is 25.7 Å². The molecule has 86 valence electrons. The molecule has 2 rings (SSSR count). The molecule has 1 aliphatic carbocycles. The number of hydrogen-bond donors (Lipinski definition) is 0. The highest BCUT2D eigenvalue weighted by Crippen LogP contribution is 2.51. The highest BCUT2D eigenvalue weighted by atomic mass is 16.6. The van der Waals surface area contributed by atoms with Crippen molar-refractivity contribution in [3.63, 3.8) is 0 Å². The minimum atomic E-state index is -0.189. The smallest absolute Gasteiger partial charge is 0.303 e. The summed E-state index contributed by atoms with van der Waals surface area (Å²) in [5.41, 5.74) is -0.00843. The first-order valence-corrected chi connectivity index (χ1v) is 5.79. The topological polar surface area (TPSA) is 38.8 Å². The van der Waals surface area contributed by atoms with Crippen LogP contribution < -0.4 is 0 Å². The molecule has 0 aromatic rings. The lowest BCUT2D eigenvalue weighted by Crippen LogP contribution is -2.41. The molecular weight excluding hydrogens is 192 g/mol. The van der Waals surface area contributed by atoms with E-state index in [2.05, 4.69) is 20.8 Å². The Kier molecular flexibility index (Phi) is 2.53. The molecular formula is C12H20O3. The second-order valence-electron chi connectivity index (χ2n) is 5.37. The third-order valence-electron chi connectivity index (χ3n) is 3.79. The molecule has 0 radical (unpaired) electrons. The van der Waals surface area contributed by atoms with E-state index in [0.29, 0.717) is 11.8 Å². The second kappa shape index (κ2) is 3.48. The van der Waals surface area contributed by atoms with Crippen LogP contribution in [0.3, 0.4) is 0 Å². The van der Waals surface area contributed by atoms with Crippen molar-refractivity contribution in [2.75, 3.05) is 0 Å². The van der Waals surface area contributed by atoms with Crippen molar-refractivity contribution in [3.05, 3.63) is 0 Å².